The van der Waals surface area contributed by atoms with Gasteiger partial charge in [0.25, 0.3) is 5.69 Å². The van der Waals surface area contributed by atoms with Crippen LogP contribution >= 0.6 is 0 Å². The molecule has 0 unspecified atom stereocenters. The quantitative estimate of drug-likeness (QED) is 0.626. The van der Waals surface area contributed by atoms with Crippen LogP contribution in [0.15, 0.2) is 23.1 Å². The fourth-order valence-corrected chi connectivity index (χ4v) is 2.54. The molecule has 104 valence electrons. The van der Waals surface area contributed by atoms with Crippen LogP contribution in [0.2, 0.25) is 0 Å². The first-order valence-electron chi connectivity index (χ1n) is 5.09. The minimum atomic E-state index is -4.06. The van der Waals surface area contributed by atoms with Gasteiger partial charge in [0.2, 0.25) is 10.0 Å². The minimum Gasteiger partial charge on any atom is -0.480 e. The summed E-state index contributed by atoms with van der Waals surface area (Å²) in [5.74, 6) is -1.31. The van der Waals surface area contributed by atoms with Gasteiger partial charge in [0, 0.05) is 18.7 Å². The van der Waals surface area contributed by atoms with Crippen LogP contribution in [-0.2, 0) is 14.8 Å². The molecule has 0 saturated carbocycles. The van der Waals surface area contributed by atoms with E-state index in [0.717, 1.165) is 13.1 Å². The number of likely N-dealkylation sites (N-methyl/N-ethyl adjacent to an activating group) is 1. The highest BCUT2D eigenvalue weighted by Gasteiger charge is 2.25. The third kappa shape index (κ3) is 3.26. The number of carbonyl (C=O) groups is 1. The standard InChI is InChI=1S/C10H12N2O6S/c1-7-3-4-8(5-9(7)12(15)16)19(17,18)11(2)6-10(13)14/h3-5H,6H2,1-2H3,(H,13,14). The Balaban J connectivity index is 3.26. The fraction of sp³-hybridized carbons (Fsp3) is 0.300. The molecule has 0 radical (unpaired) electrons. The van der Waals surface area contributed by atoms with Gasteiger partial charge >= 0.3 is 5.97 Å². The first-order valence-corrected chi connectivity index (χ1v) is 6.53. The molecule has 0 aliphatic heterocycles. The molecule has 0 aliphatic carbocycles. The molecule has 8 nitrogen and oxygen atoms in total. The molecule has 0 amide bonds. The van der Waals surface area contributed by atoms with Gasteiger partial charge in [-0.1, -0.05) is 6.07 Å². The third-order valence-electron chi connectivity index (χ3n) is 2.44. The van der Waals surface area contributed by atoms with E-state index in [0.29, 0.717) is 9.87 Å². The summed E-state index contributed by atoms with van der Waals surface area (Å²) in [7, 11) is -2.97. The molecule has 0 heterocycles. The summed E-state index contributed by atoms with van der Waals surface area (Å²) in [5.41, 5.74) is -0.00497. The molecule has 1 rings (SSSR count). The summed E-state index contributed by atoms with van der Waals surface area (Å²) in [6, 6.07) is 3.43. The van der Waals surface area contributed by atoms with Gasteiger partial charge in [0.15, 0.2) is 0 Å². The van der Waals surface area contributed by atoms with E-state index in [1.807, 2.05) is 0 Å². The van der Waals surface area contributed by atoms with Crippen molar-refractivity contribution in [2.75, 3.05) is 13.6 Å². The zero-order valence-corrected chi connectivity index (χ0v) is 11.0. The largest absolute Gasteiger partial charge is 0.480 e. The number of carboxylic acids is 1. The van der Waals surface area contributed by atoms with E-state index in [1.165, 1.54) is 19.1 Å². The van der Waals surface area contributed by atoms with Crippen molar-refractivity contribution in [1.29, 1.82) is 0 Å². The van der Waals surface area contributed by atoms with Crippen molar-refractivity contribution in [1.82, 2.24) is 4.31 Å². The molecular formula is C10H12N2O6S. The Labute approximate surface area is 109 Å². The first-order chi connectivity index (χ1) is 8.66. The molecular weight excluding hydrogens is 276 g/mol. The number of sulfonamides is 1. The molecule has 1 aromatic carbocycles. The number of aryl methyl sites for hydroxylation is 1. The molecule has 0 saturated heterocycles. The Morgan fingerprint density at radius 2 is 2.05 bits per heavy atom. The van der Waals surface area contributed by atoms with Crippen LogP contribution in [-0.4, -0.2) is 42.3 Å². The normalized spacial score (nSPS) is 11.5. The fourth-order valence-electron chi connectivity index (χ4n) is 1.40. The zero-order chi connectivity index (χ0) is 14.8. The second-order valence-electron chi connectivity index (χ2n) is 3.86. The van der Waals surface area contributed by atoms with Crippen LogP contribution in [0.1, 0.15) is 5.56 Å². The number of hydrogen-bond donors (Lipinski definition) is 1. The number of nitro groups is 1. The maximum atomic E-state index is 12.0. The summed E-state index contributed by atoms with van der Waals surface area (Å²) in [4.78, 5) is 20.3. The third-order valence-corrected chi connectivity index (χ3v) is 4.24. The number of carboxylic acid groups (broad SMARTS) is 1. The van der Waals surface area contributed by atoms with Crippen LogP contribution in [0.4, 0.5) is 5.69 Å². The van der Waals surface area contributed by atoms with Gasteiger partial charge in [-0.25, -0.2) is 8.42 Å². The number of rotatable bonds is 5. The average Bonchev–Trinajstić information content (AvgIpc) is 2.27. The maximum absolute atomic E-state index is 12.0. The minimum absolute atomic E-state index is 0.312. The molecule has 0 spiro atoms. The Bertz CT molecular complexity index is 625. The van der Waals surface area contributed by atoms with Gasteiger partial charge in [-0.15, -0.1) is 0 Å². The number of nitrogens with zero attached hydrogens (tertiary/aromatic N) is 2. The molecule has 1 aromatic rings. The van der Waals surface area contributed by atoms with E-state index >= 15 is 0 Å². The van der Waals surface area contributed by atoms with Gasteiger partial charge in [-0.2, -0.15) is 4.31 Å². The molecule has 1 N–H and O–H groups in total. The van der Waals surface area contributed by atoms with Crippen molar-refractivity contribution < 1.29 is 23.2 Å². The van der Waals surface area contributed by atoms with Crippen molar-refractivity contribution in [3.63, 3.8) is 0 Å². The summed E-state index contributed by atoms with van der Waals surface area (Å²) >= 11 is 0. The second kappa shape index (κ2) is 5.33. The molecule has 0 atom stereocenters. The van der Waals surface area contributed by atoms with Gasteiger partial charge in [-0.05, 0) is 13.0 Å². The Morgan fingerprint density at radius 1 is 1.47 bits per heavy atom. The van der Waals surface area contributed by atoms with Crippen LogP contribution in [0.5, 0.6) is 0 Å². The number of benzene rings is 1. The van der Waals surface area contributed by atoms with Crippen LogP contribution in [0, 0.1) is 17.0 Å². The maximum Gasteiger partial charge on any atom is 0.318 e. The summed E-state index contributed by atoms with van der Waals surface area (Å²) in [5, 5.41) is 19.3. The topological polar surface area (TPSA) is 118 Å². The van der Waals surface area contributed by atoms with E-state index < -0.39 is 27.5 Å². The summed E-state index contributed by atoms with van der Waals surface area (Å²) in [6.07, 6.45) is 0. The van der Waals surface area contributed by atoms with E-state index in [9.17, 15) is 23.3 Å². The second-order valence-corrected chi connectivity index (χ2v) is 5.91. The number of hydrogen-bond acceptors (Lipinski definition) is 5. The predicted molar refractivity (Wildman–Crippen MR) is 65.3 cm³/mol. The molecule has 0 aliphatic rings. The summed E-state index contributed by atoms with van der Waals surface area (Å²) < 4.78 is 24.6. The van der Waals surface area contributed by atoms with Gasteiger partial charge in [0.05, 0.1) is 9.82 Å². The highest BCUT2D eigenvalue weighted by Crippen LogP contribution is 2.23. The lowest BCUT2D eigenvalue weighted by molar-refractivity contribution is -0.385. The lowest BCUT2D eigenvalue weighted by Crippen LogP contribution is -2.32. The molecule has 0 bridgehead atoms. The van der Waals surface area contributed by atoms with Gasteiger partial charge < -0.3 is 5.11 Å². The Kier molecular flexibility index (Phi) is 4.22. The lowest BCUT2D eigenvalue weighted by atomic mass is 10.2. The Morgan fingerprint density at radius 3 is 2.53 bits per heavy atom. The average molecular weight is 288 g/mol. The van der Waals surface area contributed by atoms with Crippen molar-refractivity contribution in [3.05, 3.63) is 33.9 Å². The molecule has 0 fully saturated rings. The van der Waals surface area contributed by atoms with Crippen molar-refractivity contribution in [2.24, 2.45) is 0 Å². The SMILES string of the molecule is Cc1ccc(S(=O)(=O)N(C)CC(=O)O)cc1[N+](=O)[O-]. The smallest absolute Gasteiger partial charge is 0.318 e. The van der Waals surface area contributed by atoms with E-state index in [-0.39, 0.29) is 10.6 Å². The highest BCUT2D eigenvalue weighted by molar-refractivity contribution is 7.89. The zero-order valence-electron chi connectivity index (χ0n) is 10.2. The number of nitro benzene ring substituents is 1. The van der Waals surface area contributed by atoms with Crippen molar-refractivity contribution in [3.8, 4) is 0 Å². The van der Waals surface area contributed by atoms with Crippen LogP contribution in [0.25, 0.3) is 0 Å². The summed E-state index contributed by atoms with van der Waals surface area (Å²) in [6.45, 7) is 0.763. The van der Waals surface area contributed by atoms with E-state index in [4.69, 9.17) is 5.11 Å². The van der Waals surface area contributed by atoms with Crippen LogP contribution < -0.4 is 0 Å². The van der Waals surface area contributed by atoms with Crippen molar-refractivity contribution >= 4 is 21.7 Å². The number of aliphatic carboxylic acids is 1. The Hall–Kier alpha value is -2.00. The first kappa shape index (κ1) is 15.1. The van der Waals surface area contributed by atoms with E-state index in [1.54, 1.807) is 0 Å². The van der Waals surface area contributed by atoms with E-state index in [2.05, 4.69) is 0 Å². The highest BCUT2D eigenvalue weighted by atomic mass is 32.2. The monoisotopic (exact) mass is 288 g/mol. The van der Waals surface area contributed by atoms with Gasteiger partial charge in [0.1, 0.15) is 6.54 Å². The van der Waals surface area contributed by atoms with Crippen LogP contribution in [0.3, 0.4) is 0 Å². The molecule has 19 heavy (non-hydrogen) atoms. The van der Waals surface area contributed by atoms with Crippen molar-refractivity contribution in [2.45, 2.75) is 11.8 Å². The molecule has 0 aromatic heterocycles. The van der Waals surface area contributed by atoms with Gasteiger partial charge in [-0.3, -0.25) is 14.9 Å². The predicted octanol–water partition coefficient (Wildman–Crippen LogP) is 0.608. The lowest BCUT2D eigenvalue weighted by Gasteiger charge is -2.14. The molecule has 9 heteroatoms.